The standard InChI is InChI=1S/C35H42N4O5Si/c1-23-34(43-2)27-20-26(39-30-13-9-8-12-25(30)14-17-33(39)41)15-16-31(27)44-35(23)32(45(3,4)42)18-19-38-21-29(36-37-38)28(22-40)24-10-6-5-7-11-24/h5-13,15-16,20-21,23,28,32,34-35,40,42H,14,17-19,22H2,1-4H3/t23-,28?,32?,34-,35-/m0/s1. The number of aromatic nitrogens is 3. The largest absolute Gasteiger partial charge is 0.490 e. The van der Waals surface area contributed by atoms with Crippen molar-refractivity contribution in [1.29, 1.82) is 0 Å². The number of rotatable bonds is 10. The first-order chi connectivity index (χ1) is 21.7. The highest BCUT2D eigenvalue weighted by molar-refractivity contribution is 6.71. The van der Waals surface area contributed by atoms with Crippen LogP contribution in [0.3, 0.4) is 0 Å². The van der Waals surface area contributed by atoms with Gasteiger partial charge >= 0.3 is 0 Å². The van der Waals surface area contributed by atoms with E-state index in [9.17, 15) is 14.7 Å². The summed E-state index contributed by atoms with van der Waals surface area (Å²) in [4.78, 5) is 26.5. The van der Waals surface area contributed by atoms with Gasteiger partial charge in [-0.2, -0.15) is 0 Å². The third kappa shape index (κ3) is 6.20. The molecule has 0 spiro atoms. The SMILES string of the molecule is CO[C@@H]1c2cc(N3C(=O)CCc4ccccc43)ccc2O[C@H](C(CCn2cc(C(CO)c3ccccc3)nn2)[Si](C)(C)O)[C@H]1C. The molecule has 0 saturated carbocycles. The van der Waals surface area contributed by atoms with Crippen molar-refractivity contribution in [2.75, 3.05) is 18.6 Å². The van der Waals surface area contributed by atoms with Crippen molar-refractivity contribution >= 4 is 25.6 Å². The van der Waals surface area contributed by atoms with E-state index in [4.69, 9.17) is 9.47 Å². The Morgan fingerprint density at radius 3 is 2.56 bits per heavy atom. The first-order valence-electron chi connectivity index (χ1n) is 15.7. The fraction of sp³-hybridized carbons (Fsp3) is 0.400. The highest BCUT2D eigenvalue weighted by Gasteiger charge is 2.46. The van der Waals surface area contributed by atoms with Gasteiger partial charge in [-0.25, -0.2) is 0 Å². The molecule has 2 N–H and O–H groups in total. The van der Waals surface area contributed by atoms with Crippen molar-refractivity contribution in [3.63, 3.8) is 0 Å². The number of hydrogen-bond acceptors (Lipinski definition) is 7. The Hall–Kier alpha value is -3.83. The number of hydrogen-bond donors (Lipinski definition) is 2. The van der Waals surface area contributed by atoms with E-state index in [-0.39, 0.29) is 42.1 Å². The molecule has 0 radical (unpaired) electrons. The van der Waals surface area contributed by atoms with Gasteiger partial charge in [-0.15, -0.1) is 5.10 Å². The quantitative estimate of drug-likeness (QED) is 0.216. The van der Waals surface area contributed by atoms with Gasteiger partial charge in [0.25, 0.3) is 0 Å². The number of aliphatic hydroxyl groups is 1. The first kappa shape index (κ1) is 31.2. The van der Waals surface area contributed by atoms with E-state index in [1.807, 2.05) is 86.0 Å². The van der Waals surface area contributed by atoms with Gasteiger partial charge in [0.1, 0.15) is 11.9 Å². The van der Waals surface area contributed by atoms with Gasteiger partial charge in [0.2, 0.25) is 5.91 Å². The van der Waals surface area contributed by atoms with E-state index in [1.54, 1.807) is 16.7 Å². The molecule has 2 unspecified atom stereocenters. The van der Waals surface area contributed by atoms with Crippen LogP contribution in [0.2, 0.25) is 18.6 Å². The Bertz CT molecular complexity index is 1640. The fourth-order valence-electron chi connectivity index (χ4n) is 7.04. The summed E-state index contributed by atoms with van der Waals surface area (Å²) < 4.78 is 14.6. The highest BCUT2D eigenvalue weighted by Crippen LogP contribution is 2.48. The summed E-state index contributed by atoms with van der Waals surface area (Å²) in [5.41, 5.74) is 5.36. The van der Waals surface area contributed by atoms with Crippen molar-refractivity contribution < 1.29 is 24.2 Å². The number of ether oxygens (including phenoxy) is 2. The number of aliphatic hydroxyl groups excluding tert-OH is 1. The van der Waals surface area contributed by atoms with E-state index >= 15 is 0 Å². The molecule has 5 atom stereocenters. The molecule has 0 aliphatic carbocycles. The van der Waals surface area contributed by atoms with Crippen LogP contribution in [0, 0.1) is 5.92 Å². The molecule has 9 nitrogen and oxygen atoms in total. The maximum atomic E-state index is 13.1. The van der Waals surface area contributed by atoms with E-state index in [2.05, 4.69) is 23.3 Å². The van der Waals surface area contributed by atoms with Gasteiger partial charge in [0.15, 0.2) is 8.32 Å². The predicted molar refractivity (Wildman–Crippen MR) is 175 cm³/mol. The molecule has 236 valence electrons. The molecule has 0 fully saturated rings. The summed E-state index contributed by atoms with van der Waals surface area (Å²) in [6, 6.07) is 23.8. The second-order valence-electron chi connectivity index (χ2n) is 12.8. The summed E-state index contributed by atoms with van der Waals surface area (Å²) in [5, 5.41) is 18.8. The molecule has 3 aromatic carbocycles. The molecule has 6 rings (SSSR count). The van der Waals surface area contributed by atoms with Crippen LogP contribution >= 0.6 is 0 Å². The van der Waals surface area contributed by atoms with Crippen LogP contribution < -0.4 is 9.64 Å². The van der Waals surface area contributed by atoms with Crippen LogP contribution in [-0.4, -0.2) is 58.9 Å². The monoisotopic (exact) mass is 626 g/mol. The molecule has 4 aromatic rings. The number of carbonyl (C=O) groups excluding carboxylic acids is 1. The predicted octanol–water partition coefficient (Wildman–Crippen LogP) is 5.76. The maximum Gasteiger partial charge on any atom is 0.231 e. The van der Waals surface area contributed by atoms with Crippen LogP contribution in [-0.2, 0) is 22.5 Å². The average Bonchev–Trinajstić information content (AvgIpc) is 3.50. The fourth-order valence-corrected chi connectivity index (χ4v) is 9.05. The Morgan fingerprint density at radius 1 is 1.07 bits per heavy atom. The van der Waals surface area contributed by atoms with Gasteiger partial charge < -0.3 is 19.4 Å². The molecule has 1 amide bonds. The zero-order valence-electron chi connectivity index (χ0n) is 26.3. The number of benzene rings is 3. The summed E-state index contributed by atoms with van der Waals surface area (Å²) in [7, 11) is -1.02. The van der Waals surface area contributed by atoms with Crippen LogP contribution in [0.25, 0.3) is 0 Å². The summed E-state index contributed by atoms with van der Waals surface area (Å²) in [6.07, 6.45) is 3.18. The van der Waals surface area contributed by atoms with Crippen molar-refractivity contribution in [1.82, 2.24) is 15.0 Å². The lowest BCUT2D eigenvalue weighted by atomic mass is 9.86. The van der Waals surface area contributed by atoms with Crippen LogP contribution in [0.1, 0.15) is 54.2 Å². The van der Waals surface area contributed by atoms with Gasteiger partial charge in [-0.3, -0.25) is 14.4 Å². The number of methoxy groups -OCH3 is 1. The van der Waals surface area contributed by atoms with E-state index in [0.717, 1.165) is 34.5 Å². The van der Waals surface area contributed by atoms with Gasteiger partial charge in [-0.1, -0.05) is 60.7 Å². The first-order valence-corrected chi connectivity index (χ1v) is 18.7. The van der Waals surface area contributed by atoms with Crippen LogP contribution in [0.5, 0.6) is 5.75 Å². The van der Waals surface area contributed by atoms with E-state index < -0.39 is 8.32 Å². The Labute approximate surface area is 265 Å². The summed E-state index contributed by atoms with van der Waals surface area (Å²) in [6.45, 7) is 6.51. The Kier molecular flexibility index (Phi) is 8.92. The zero-order valence-corrected chi connectivity index (χ0v) is 27.3. The third-order valence-corrected chi connectivity index (χ3v) is 11.9. The lowest BCUT2D eigenvalue weighted by Crippen LogP contribution is -2.48. The van der Waals surface area contributed by atoms with E-state index in [1.165, 1.54) is 0 Å². The zero-order chi connectivity index (χ0) is 31.7. The number of aryl methyl sites for hydroxylation is 2. The number of carbonyl (C=O) groups is 1. The Balaban J connectivity index is 1.24. The Morgan fingerprint density at radius 2 is 1.82 bits per heavy atom. The van der Waals surface area contributed by atoms with Gasteiger partial charge in [-0.05, 0) is 61.3 Å². The molecule has 1 aromatic heterocycles. The number of anilines is 2. The minimum Gasteiger partial charge on any atom is -0.490 e. The lowest BCUT2D eigenvalue weighted by Gasteiger charge is -2.44. The van der Waals surface area contributed by atoms with Crippen molar-refractivity contribution in [3.05, 3.63) is 101 Å². The molecule has 0 bridgehead atoms. The summed E-state index contributed by atoms with van der Waals surface area (Å²) >= 11 is 0. The molecule has 0 saturated heterocycles. The van der Waals surface area contributed by atoms with Crippen molar-refractivity contribution in [2.24, 2.45) is 5.92 Å². The number of fused-ring (bicyclic) bond motifs is 2. The molecular weight excluding hydrogens is 584 g/mol. The normalized spacial score (nSPS) is 21.1. The minimum absolute atomic E-state index is 0.0609. The second kappa shape index (κ2) is 12.9. The molecule has 3 heterocycles. The molecular formula is C35H42N4O5Si. The summed E-state index contributed by atoms with van der Waals surface area (Å²) in [5.74, 6) is 0.475. The maximum absolute atomic E-state index is 13.1. The van der Waals surface area contributed by atoms with Crippen molar-refractivity contribution in [3.8, 4) is 5.75 Å². The molecule has 45 heavy (non-hydrogen) atoms. The average molecular weight is 627 g/mol. The van der Waals surface area contributed by atoms with E-state index in [0.29, 0.717) is 30.8 Å². The second-order valence-corrected chi connectivity index (χ2v) is 16.8. The minimum atomic E-state index is -2.73. The van der Waals surface area contributed by atoms with Crippen molar-refractivity contribution in [2.45, 2.75) is 69.5 Å². The number of para-hydroxylation sites is 1. The number of nitrogens with zero attached hydrogens (tertiary/aromatic N) is 4. The third-order valence-electron chi connectivity index (χ3n) is 9.43. The molecule has 2 aliphatic heterocycles. The lowest BCUT2D eigenvalue weighted by molar-refractivity contribution is -0.118. The van der Waals surface area contributed by atoms with Gasteiger partial charge in [0, 0.05) is 49.0 Å². The van der Waals surface area contributed by atoms with Crippen LogP contribution in [0.15, 0.2) is 79.0 Å². The number of amides is 1. The smallest absolute Gasteiger partial charge is 0.231 e. The molecule has 10 heteroatoms. The topological polar surface area (TPSA) is 110 Å². The van der Waals surface area contributed by atoms with Crippen LogP contribution in [0.4, 0.5) is 11.4 Å². The van der Waals surface area contributed by atoms with Gasteiger partial charge in [0.05, 0.1) is 30.0 Å². The molecule has 2 aliphatic rings. The highest BCUT2D eigenvalue weighted by atomic mass is 28.4.